The topological polar surface area (TPSA) is 76.2 Å². The highest BCUT2D eigenvalue weighted by atomic mass is 35.5. The molecular formula is C12H8Cl2N2O2. The van der Waals surface area contributed by atoms with Crippen LogP contribution in [0.25, 0.3) is 11.1 Å². The zero-order valence-electron chi connectivity index (χ0n) is 9.02. The van der Waals surface area contributed by atoms with E-state index >= 15 is 0 Å². The van der Waals surface area contributed by atoms with E-state index in [1.165, 1.54) is 12.3 Å². The Hall–Kier alpha value is -1.78. The number of halogens is 2. The van der Waals surface area contributed by atoms with Gasteiger partial charge in [-0.25, -0.2) is 9.78 Å². The van der Waals surface area contributed by atoms with Crippen molar-refractivity contribution in [2.75, 3.05) is 5.73 Å². The third kappa shape index (κ3) is 2.25. The average molecular weight is 283 g/mol. The maximum Gasteiger partial charge on any atom is 0.336 e. The van der Waals surface area contributed by atoms with E-state index in [9.17, 15) is 4.79 Å². The molecule has 0 aliphatic rings. The van der Waals surface area contributed by atoms with E-state index in [-0.39, 0.29) is 16.4 Å². The molecular weight excluding hydrogens is 275 g/mol. The Morgan fingerprint density at radius 2 is 2.00 bits per heavy atom. The first-order valence-electron chi connectivity index (χ1n) is 4.94. The van der Waals surface area contributed by atoms with Crippen molar-refractivity contribution in [2.45, 2.75) is 0 Å². The Bertz CT molecular complexity index is 629. The Labute approximate surface area is 113 Å². The van der Waals surface area contributed by atoms with E-state index in [1.807, 2.05) is 0 Å². The molecule has 0 amide bonds. The SMILES string of the molecule is Nc1cc(C(=O)O)c(-c2cccc(Cl)c2Cl)cn1. The number of carbonyl (C=O) groups is 1. The van der Waals surface area contributed by atoms with E-state index in [0.29, 0.717) is 16.1 Å². The van der Waals surface area contributed by atoms with Gasteiger partial charge in [-0.1, -0.05) is 35.3 Å². The second-order valence-corrected chi connectivity index (χ2v) is 4.35. The van der Waals surface area contributed by atoms with Gasteiger partial charge in [-0.3, -0.25) is 0 Å². The molecule has 18 heavy (non-hydrogen) atoms. The second-order valence-electron chi connectivity index (χ2n) is 3.56. The minimum atomic E-state index is -1.10. The molecule has 0 saturated carbocycles. The molecule has 3 N–H and O–H groups in total. The van der Waals surface area contributed by atoms with Crippen molar-refractivity contribution in [1.29, 1.82) is 0 Å². The molecule has 4 nitrogen and oxygen atoms in total. The predicted molar refractivity (Wildman–Crippen MR) is 71.1 cm³/mol. The summed E-state index contributed by atoms with van der Waals surface area (Å²) >= 11 is 12.0. The summed E-state index contributed by atoms with van der Waals surface area (Å²) in [5.41, 5.74) is 6.40. The lowest BCUT2D eigenvalue weighted by Gasteiger charge is -2.09. The molecule has 0 atom stereocenters. The summed E-state index contributed by atoms with van der Waals surface area (Å²) in [6, 6.07) is 6.27. The number of benzene rings is 1. The van der Waals surface area contributed by atoms with Crippen LogP contribution in [0, 0.1) is 0 Å². The van der Waals surface area contributed by atoms with E-state index in [2.05, 4.69) is 4.98 Å². The smallest absolute Gasteiger partial charge is 0.336 e. The molecule has 0 aliphatic carbocycles. The van der Waals surface area contributed by atoms with Gasteiger partial charge in [-0.15, -0.1) is 0 Å². The van der Waals surface area contributed by atoms with Crippen molar-refractivity contribution in [2.24, 2.45) is 0 Å². The van der Waals surface area contributed by atoms with Crippen molar-refractivity contribution in [3.63, 3.8) is 0 Å². The number of hydrogen-bond acceptors (Lipinski definition) is 3. The van der Waals surface area contributed by atoms with E-state index in [4.69, 9.17) is 34.0 Å². The van der Waals surface area contributed by atoms with Crippen molar-refractivity contribution >= 4 is 35.0 Å². The summed E-state index contributed by atoms with van der Waals surface area (Å²) in [6.07, 6.45) is 1.37. The Kier molecular flexibility index (Phi) is 3.41. The number of carboxylic acid groups (broad SMARTS) is 1. The van der Waals surface area contributed by atoms with Crippen LogP contribution in [-0.4, -0.2) is 16.1 Å². The number of nitrogen functional groups attached to an aromatic ring is 1. The van der Waals surface area contributed by atoms with Crippen LogP contribution in [0.2, 0.25) is 10.0 Å². The standard InChI is InChI=1S/C12H8Cl2N2O2/c13-9-3-1-2-6(11(9)14)8-5-16-10(15)4-7(8)12(17)18/h1-5H,(H2,15,16)(H,17,18). The highest BCUT2D eigenvalue weighted by molar-refractivity contribution is 6.43. The van der Waals surface area contributed by atoms with Gasteiger partial charge in [0.25, 0.3) is 0 Å². The maximum atomic E-state index is 11.2. The summed E-state index contributed by atoms with van der Waals surface area (Å²) in [4.78, 5) is 15.1. The van der Waals surface area contributed by atoms with Gasteiger partial charge in [0.2, 0.25) is 0 Å². The van der Waals surface area contributed by atoms with Gasteiger partial charge < -0.3 is 10.8 Å². The zero-order chi connectivity index (χ0) is 13.3. The number of aromatic carboxylic acids is 1. The lowest BCUT2D eigenvalue weighted by Crippen LogP contribution is -2.03. The van der Waals surface area contributed by atoms with Crippen LogP contribution < -0.4 is 5.73 Å². The molecule has 0 saturated heterocycles. The normalized spacial score (nSPS) is 10.3. The van der Waals surface area contributed by atoms with Gasteiger partial charge in [0, 0.05) is 17.3 Å². The molecule has 2 rings (SSSR count). The monoisotopic (exact) mass is 282 g/mol. The maximum absolute atomic E-state index is 11.2. The molecule has 1 aromatic carbocycles. The minimum Gasteiger partial charge on any atom is -0.478 e. The van der Waals surface area contributed by atoms with Crippen LogP contribution in [0.4, 0.5) is 5.82 Å². The number of aromatic nitrogens is 1. The molecule has 0 fully saturated rings. The number of pyridine rings is 1. The van der Waals surface area contributed by atoms with Gasteiger partial charge in [-0.2, -0.15) is 0 Å². The lowest BCUT2D eigenvalue weighted by molar-refractivity contribution is 0.0697. The first kappa shape index (κ1) is 12.7. The molecule has 6 heteroatoms. The van der Waals surface area contributed by atoms with Crippen LogP contribution in [0.5, 0.6) is 0 Å². The number of carboxylic acids is 1. The predicted octanol–water partition coefficient (Wildman–Crippen LogP) is 3.34. The van der Waals surface area contributed by atoms with E-state index in [0.717, 1.165) is 0 Å². The van der Waals surface area contributed by atoms with Gasteiger partial charge in [-0.05, 0) is 12.1 Å². The first-order chi connectivity index (χ1) is 8.50. The molecule has 0 unspecified atom stereocenters. The third-order valence-corrected chi connectivity index (χ3v) is 3.22. The highest BCUT2D eigenvalue weighted by Crippen LogP contribution is 2.35. The van der Waals surface area contributed by atoms with Crippen LogP contribution in [0.3, 0.4) is 0 Å². The van der Waals surface area contributed by atoms with E-state index in [1.54, 1.807) is 18.2 Å². The Morgan fingerprint density at radius 1 is 1.28 bits per heavy atom. The molecule has 0 spiro atoms. The molecule has 0 aliphatic heterocycles. The van der Waals surface area contributed by atoms with Gasteiger partial charge >= 0.3 is 5.97 Å². The summed E-state index contributed by atoms with van der Waals surface area (Å²) in [7, 11) is 0. The van der Waals surface area contributed by atoms with Crippen LogP contribution in [0.1, 0.15) is 10.4 Å². The fraction of sp³-hybridized carbons (Fsp3) is 0. The minimum absolute atomic E-state index is 0.0340. The lowest BCUT2D eigenvalue weighted by atomic mass is 10.0. The fourth-order valence-electron chi connectivity index (χ4n) is 1.57. The van der Waals surface area contributed by atoms with Gasteiger partial charge in [0.15, 0.2) is 0 Å². The molecule has 1 heterocycles. The van der Waals surface area contributed by atoms with Crippen LogP contribution >= 0.6 is 23.2 Å². The van der Waals surface area contributed by atoms with Crippen molar-refractivity contribution in [3.05, 3.63) is 46.1 Å². The number of rotatable bonds is 2. The number of anilines is 1. The quantitative estimate of drug-likeness (QED) is 0.886. The summed E-state index contributed by atoms with van der Waals surface area (Å²) in [5.74, 6) is -0.968. The molecule has 1 aromatic heterocycles. The average Bonchev–Trinajstić information content (AvgIpc) is 2.33. The molecule has 2 aromatic rings. The Balaban J connectivity index is 2.71. The summed E-state index contributed by atoms with van der Waals surface area (Å²) < 4.78 is 0. The van der Waals surface area contributed by atoms with Crippen molar-refractivity contribution in [3.8, 4) is 11.1 Å². The van der Waals surface area contributed by atoms with E-state index < -0.39 is 5.97 Å². The zero-order valence-corrected chi connectivity index (χ0v) is 10.5. The fourth-order valence-corrected chi connectivity index (χ4v) is 1.98. The van der Waals surface area contributed by atoms with Crippen molar-refractivity contribution < 1.29 is 9.90 Å². The molecule has 92 valence electrons. The van der Waals surface area contributed by atoms with Crippen LogP contribution in [0.15, 0.2) is 30.5 Å². The summed E-state index contributed by atoms with van der Waals surface area (Å²) in [6.45, 7) is 0. The van der Waals surface area contributed by atoms with Crippen molar-refractivity contribution in [1.82, 2.24) is 4.98 Å². The number of nitrogens with zero attached hydrogens (tertiary/aromatic N) is 1. The Morgan fingerprint density at radius 3 is 2.67 bits per heavy atom. The third-order valence-electron chi connectivity index (χ3n) is 2.40. The second kappa shape index (κ2) is 4.84. The first-order valence-corrected chi connectivity index (χ1v) is 5.69. The molecule has 0 bridgehead atoms. The highest BCUT2D eigenvalue weighted by Gasteiger charge is 2.16. The number of nitrogens with two attached hydrogens (primary N) is 1. The largest absolute Gasteiger partial charge is 0.478 e. The summed E-state index contributed by atoms with van der Waals surface area (Å²) in [5, 5.41) is 9.79. The van der Waals surface area contributed by atoms with Crippen LogP contribution in [-0.2, 0) is 0 Å². The van der Waals surface area contributed by atoms with Gasteiger partial charge in [0.1, 0.15) is 5.82 Å². The number of hydrogen-bond donors (Lipinski definition) is 2. The molecule has 0 radical (unpaired) electrons. The van der Waals surface area contributed by atoms with Gasteiger partial charge in [0.05, 0.1) is 15.6 Å².